The Morgan fingerprint density at radius 3 is 2.08 bits per heavy atom. The first kappa shape index (κ1) is 17.4. The molecule has 130 valence electrons. The number of carbonyl (C=O) groups excluding carboxylic acids is 2. The Balaban J connectivity index is 1.69. The summed E-state index contributed by atoms with van der Waals surface area (Å²) >= 11 is 0. The summed E-state index contributed by atoms with van der Waals surface area (Å²) in [7, 11) is 1.71. The van der Waals surface area contributed by atoms with Crippen LogP contribution in [-0.2, 0) is 0 Å². The van der Waals surface area contributed by atoms with Crippen molar-refractivity contribution in [1.29, 1.82) is 0 Å². The fourth-order valence-electron chi connectivity index (χ4n) is 2.40. The minimum atomic E-state index is -0.454. The molecule has 0 bridgehead atoms. The van der Waals surface area contributed by atoms with Crippen LogP contribution in [0.25, 0.3) is 0 Å². The number of aryl methyl sites for hydroxylation is 1. The zero-order valence-corrected chi connectivity index (χ0v) is 14.5. The van der Waals surface area contributed by atoms with E-state index in [1.807, 2.05) is 19.1 Å². The molecule has 2 aromatic carbocycles. The van der Waals surface area contributed by atoms with Gasteiger partial charge >= 0.3 is 5.97 Å². The summed E-state index contributed by atoms with van der Waals surface area (Å²) in [6.45, 7) is 1.98. The number of benzene rings is 2. The summed E-state index contributed by atoms with van der Waals surface area (Å²) < 4.78 is 5.32. The number of nitrogens with zero attached hydrogens (tertiary/aromatic N) is 2. The zero-order valence-electron chi connectivity index (χ0n) is 14.5. The van der Waals surface area contributed by atoms with Crippen molar-refractivity contribution in [3.63, 3.8) is 0 Å². The first-order valence-electron chi connectivity index (χ1n) is 8.11. The molecule has 26 heavy (non-hydrogen) atoms. The van der Waals surface area contributed by atoms with E-state index in [0.29, 0.717) is 22.6 Å². The van der Waals surface area contributed by atoms with E-state index in [-0.39, 0.29) is 5.91 Å². The van der Waals surface area contributed by atoms with Gasteiger partial charge in [-0.3, -0.25) is 9.78 Å². The number of rotatable bonds is 4. The van der Waals surface area contributed by atoms with Crippen molar-refractivity contribution in [3.8, 4) is 5.75 Å². The Morgan fingerprint density at radius 2 is 1.46 bits per heavy atom. The van der Waals surface area contributed by atoms with Crippen LogP contribution in [0.1, 0.15) is 26.3 Å². The molecule has 3 aromatic rings. The van der Waals surface area contributed by atoms with Crippen molar-refractivity contribution in [1.82, 2.24) is 4.98 Å². The van der Waals surface area contributed by atoms with E-state index in [2.05, 4.69) is 4.98 Å². The molecule has 0 saturated heterocycles. The molecule has 0 unspecified atom stereocenters. The Bertz CT molecular complexity index is 904. The lowest BCUT2D eigenvalue weighted by atomic mass is 10.1. The molecule has 0 radical (unpaired) electrons. The van der Waals surface area contributed by atoms with Crippen LogP contribution in [0, 0.1) is 6.92 Å². The molecule has 0 aliphatic carbocycles. The summed E-state index contributed by atoms with van der Waals surface area (Å²) in [6.07, 6.45) is 3.07. The van der Waals surface area contributed by atoms with Crippen LogP contribution in [0.3, 0.4) is 0 Å². The van der Waals surface area contributed by atoms with Gasteiger partial charge in [0, 0.05) is 30.7 Å². The summed E-state index contributed by atoms with van der Waals surface area (Å²) in [5.74, 6) is -0.150. The monoisotopic (exact) mass is 346 g/mol. The minimum absolute atomic E-state index is 0.105. The number of amides is 1. The molecular formula is C21H18N2O3. The Morgan fingerprint density at radius 1 is 0.846 bits per heavy atom. The molecule has 5 heteroatoms. The highest BCUT2D eigenvalue weighted by Crippen LogP contribution is 2.21. The maximum absolute atomic E-state index is 12.5. The largest absolute Gasteiger partial charge is 0.423 e. The van der Waals surface area contributed by atoms with Crippen LogP contribution < -0.4 is 9.64 Å². The van der Waals surface area contributed by atoms with Gasteiger partial charge in [0.1, 0.15) is 5.75 Å². The fraction of sp³-hybridized carbons (Fsp3) is 0.0952. The molecule has 1 aromatic heterocycles. The SMILES string of the molecule is Cc1ccc(C(=O)N(C)c2ccc(OC(=O)c3ccncc3)cc2)cc1. The van der Waals surface area contributed by atoms with E-state index in [1.54, 1.807) is 60.5 Å². The molecule has 3 rings (SSSR count). The lowest BCUT2D eigenvalue weighted by Crippen LogP contribution is -2.26. The van der Waals surface area contributed by atoms with Crippen molar-refractivity contribution >= 4 is 17.6 Å². The number of pyridine rings is 1. The molecule has 0 saturated carbocycles. The summed E-state index contributed by atoms with van der Waals surface area (Å²) in [5, 5.41) is 0. The van der Waals surface area contributed by atoms with Crippen LogP contribution in [0.2, 0.25) is 0 Å². The van der Waals surface area contributed by atoms with Crippen molar-refractivity contribution in [2.45, 2.75) is 6.92 Å². The molecule has 1 amide bonds. The molecular weight excluding hydrogens is 328 g/mol. The van der Waals surface area contributed by atoms with Crippen LogP contribution >= 0.6 is 0 Å². The number of esters is 1. The van der Waals surface area contributed by atoms with Crippen molar-refractivity contribution in [2.24, 2.45) is 0 Å². The molecule has 0 spiro atoms. The van der Waals surface area contributed by atoms with Crippen LogP contribution in [0.4, 0.5) is 5.69 Å². The van der Waals surface area contributed by atoms with Crippen molar-refractivity contribution in [3.05, 3.63) is 89.7 Å². The first-order valence-corrected chi connectivity index (χ1v) is 8.11. The van der Waals surface area contributed by atoms with Crippen LogP contribution in [0.5, 0.6) is 5.75 Å². The highest BCUT2D eigenvalue weighted by atomic mass is 16.5. The van der Waals surface area contributed by atoms with Gasteiger partial charge in [-0.15, -0.1) is 0 Å². The highest BCUT2D eigenvalue weighted by Gasteiger charge is 2.14. The van der Waals surface area contributed by atoms with Crippen molar-refractivity contribution < 1.29 is 14.3 Å². The molecule has 0 aliphatic rings. The zero-order chi connectivity index (χ0) is 18.5. The summed E-state index contributed by atoms with van der Waals surface area (Å²) in [5.41, 5.74) is 2.85. The quantitative estimate of drug-likeness (QED) is 0.531. The van der Waals surface area contributed by atoms with Gasteiger partial charge in [0.2, 0.25) is 0 Å². The second-order valence-corrected chi connectivity index (χ2v) is 5.85. The second kappa shape index (κ2) is 7.61. The Hall–Kier alpha value is -3.47. The number of ether oxygens (including phenoxy) is 1. The van der Waals surface area contributed by atoms with Gasteiger partial charge in [-0.1, -0.05) is 17.7 Å². The molecule has 1 heterocycles. The smallest absolute Gasteiger partial charge is 0.343 e. The van der Waals surface area contributed by atoms with Gasteiger partial charge in [-0.25, -0.2) is 4.79 Å². The maximum atomic E-state index is 12.5. The number of aromatic nitrogens is 1. The van der Waals surface area contributed by atoms with Crippen LogP contribution in [0.15, 0.2) is 73.1 Å². The average Bonchev–Trinajstić information content (AvgIpc) is 2.69. The number of carbonyl (C=O) groups is 2. The van der Waals surface area contributed by atoms with E-state index in [1.165, 1.54) is 12.4 Å². The molecule has 0 atom stereocenters. The maximum Gasteiger partial charge on any atom is 0.343 e. The third kappa shape index (κ3) is 3.95. The van der Waals surface area contributed by atoms with Gasteiger partial charge in [0.15, 0.2) is 0 Å². The van der Waals surface area contributed by atoms with Gasteiger partial charge in [0.05, 0.1) is 5.56 Å². The Kier molecular flexibility index (Phi) is 5.08. The summed E-state index contributed by atoms with van der Waals surface area (Å²) in [6, 6.07) is 17.4. The number of hydrogen-bond donors (Lipinski definition) is 0. The lowest BCUT2D eigenvalue weighted by Gasteiger charge is -2.18. The van der Waals surface area contributed by atoms with E-state index in [9.17, 15) is 9.59 Å². The average molecular weight is 346 g/mol. The van der Waals surface area contributed by atoms with Gasteiger partial charge < -0.3 is 9.64 Å². The standard InChI is InChI=1S/C21H18N2O3/c1-15-3-5-16(6-4-15)20(24)23(2)18-7-9-19(10-8-18)26-21(25)17-11-13-22-14-12-17/h3-14H,1-2H3. The first-order chi connectivity index (χ1) is 12.5. The van der Waals surface area contributed by atoms with Gasteiger partial charge in [-0.05, 0) is 55.5 Å². The number of hydrogen-bond acceptors (Lipinski definition) is 4. The third-order valence-electron chi connectivity index (χ3n) is 3.95. The third-order valence-corrected chi connectivity index (χ3v) is 3.95. The topological polar surface area (TPSA) is 59.5 Å². The van der Waals surface area contributed by atoms with E-state index in [0.717, 1.165) is 5.56 Å². The summed E-state index contributed by atoms with van der Waals surface area (Å²) in [4.78, 5) is 30.0. The number of anilines is 1. The van der Waals surface area contributed by atoms with Crippen LogP contribution in [-0.4, -0.2) is 23.9 Å². The minimum Gasteiger partial charge on any atom is -0.423 e. The van der Waals surface area contributed by atoms with Crippen molar-refractivity contribution in [2.75, 3.05) is 11.9 Å². The molecule has 0 N–H and O–H groups in total. The van der Waals surface area contributed by atoms with E-state index in [4.69, 9.17) is 4.74 Å². The molecule has 5 nitrogen and oxygen atoms in total. The van der Waals surface area contributed by atoms with E-state index < -0.39 is 5.97 Å². The fourth-order valence-corrected chi connectivity index (χ4v) is 2.40. The Labute approximate surface area is 151 Å². The predicted molar refractivity (Wildman–Crippen MR) is 99.6 cm³/mol. The molecule has 0 aliphatic heterocycles. The highest BCUT2D eigenvalue weighted by molar-refractivity contribution is 6.05. The van der Waals surface area contributed by atoms with E-state index >= 15 is 0 Å². The second-order valence-electron chi connectivity index (χ2n) is 5.85. The predicted octanol–water partition coefficient (Wildman–Crippen LogP) is 3.89. The lowest BCUT2D eigenvalue weighted by molar-refractivity contribution is 0.0734. The van der Waals surface area contributed by atoms with Gasteiger partial charge in [0.25, 0.3) is 5.91 Å². The van der Waals surface area contributed by atoms with Gasteiger partial charge in [-0.2, -0.15) is 0 Å². The molecule has 0 fully saturated rings. The normalized spacial score (nSPS) is 10.2.